The van der Waals surface area contributed by atoms with E-state index in [0.29, 0.717) is 0 Å². The highest BCUT2D eigenvalue weighted by Crippen LogP contribution is 2.23. The Hall–Kier alpha value is -6.20. The van der Waals surface area contributed by atoms with Crippen molar-refractivity contribution in [2.45, 2.75) is 0 Å². The lowest BCUT2D eigenvalue weighted by atomic mass is 9.92. The third kappa shape index (κ3) is 18.5. The van der Waals surface area contributed by atoms with Crippen LogP contribution in [-0.4, -0.2) is 108 Å². The second-order valence-electron chi connectivity index (χ2n) is 9.55. The van der Waals surface area contributed by atoms with Gasteiger partial charge < -0.3 is 48.5 Å². The Bertz CT molecular complexity index is 1070. The fraction of sp³-hybridized carbons (Fsp3) is 0.355. The van der Waals surface area contributed by atoms with Crippen LogP contribution in [0.4, 0.5) is 9.59 Å². The van der Waals surface area contributed by atoms with Gasteiger partial charge in [-0.05, 0) is 0 Å². The summed E-state index contributed by atoms with van der Waals surface area (Å²) in [5.41, 5.74) is -3.22. The maximum Gasteiger partial charge on any atom is 0.408 e. The van der Waals surface area contributed by atoms with E-state index in [1.807, 2.05) is 0 Å². The second-order valence-corrected chi connectivity index (χ2v) is 9.55. The van der Waals surface area contributed by atoms with E-state index in [4.69, 9.17) is 37.9 Å². The van der Waals surface area contributed by atoms with Crippen LogP contribution in [0.1, 0.15) is 0 Å². The Balaban J connectivity index is 5.57. The zero-order valence-corrected chi connectivity index (χ0v) is 26.6. The van der Waals surface area contributed by atoms with E-state index in [1.54, 1.807) is 0 Å². The predicted octanol–water partition coefficient (Wildman–Crippen LogP) is 0.744. The average Bonchev–Trinajstić information content (AvgIpc) is 3.12. The lowest BCUT2D eigenvalue weighted by Gasteiger charge is -2.31. The van der Waals surface area contributed by atoms with E-state index in [0.717, 1.165) is 36.5 Å². The molecule has 49 heavy (non-hydrogen) atoms. The van der Waals surface area contributed by atoms with Crippen LogP contribution < -0.4 is 10.6 Å². The summed E-state index contributed by atoms with van der Waals surface area (Å²) in [6, 6.07) is 0. The van der Waals surface area contributed by atoms with E-state index in [9.17, 15) is 38.4 Å². The SMILES string of the molecule is C=CC(=O)OCC(COC(=O)C=C)(COC(=O)C=C)COC(=O)NCNC(=O)OCC(COC(=O)C=C)(COC(=O)C=C)COC(=O)C=C. The highest BCUT2D eigenvalue weighted by atomic mass is 16.6. The molecule has 2 amide bonds. The molecule has 0 rings (SSSR count). The number of alkyl carbamates (subject to hydrolysis) is 2. The molecule has 0 atom stereocenters. The van der Waals surface area contributed by atoms with Gasteiger partial charge in [0.15, 0.2) is 0 Å². The van der Waals surface area contributed by atoms with Crippen LogP contribution in [0.3, 0.4) is 0 Å². The molecular formula is C31H38N2O16. The van der Waals surface area contributed by atoms with Crippen molar-refractivity contribution >= 4 is 48.0 Å². The van der Waals surface area contributed by atoms with Crippen LogP contribution in [0.5, 0.6) is 0 Å². The highest BCUT2D eigenvalue weighted by molar-refractivity contribution is 5.83. The molecule has 0 radical (unpaired) electrons. The van der Waals surface area contributed by atoms with Gasteiger partial charge in [0.25, 0.3) is 0 Å². The third-order valence-electron chi connectivity index (χ3n) is 5.61. The van der Waals surface area contributed by atoms with Crippen LogP contribution in [0.2, 0.25) is 0 Å². The summed E-state index contributed by atoms with van der Waals surface area (Å²) in [5, 5.41) is 4.34. The minimum absolute atomic E-state index is 0.571. The molecule has 0 saturated heterocycles. The van der Waals surface area contributed by atoms with E-state index < -0.39 is 118 Å². The summed E-state index contributed by atoms with van der Waals surface area (Å²) in [7, 11) is 0. The molecule has 0 aliphatic heterocycles. The van der Waals surface area contributed by atoms with Crippen LogP contribution in [-0.2, 0) is 66.7 Å². The van der Waals surface area contributed by atoms with Gasteiger partial charge in [0.1, 0.15) is 63.7 Å². The maximum absolute atomic E-state index is 12.4. The Morgan fingerprint density at radius 3 is 0.735 bits per heavy atom. The predicted molar refractivity (Wildman–Crippen MR) is 166 cm³/mol. The smallest absolute Gasteiger partial charge is 0.408 e. The van der Waals surface area contributed by atoms with Gasteiger partial charge >= 0.3 is 48.0 Å². The van der Waals surface area contributed by atoms with Gasteiger partial charge in [-0.3, -0.25) is 0 Å². The highest BCUT2D eigenvalue weighted by Gasteiger charge is 2.39. The monoisotopic (exact) mass is 694 g/mol. The number of hydrogen-bond donors (Lipinski definition) is 2. The number of carbonyl (C=O) groups excluding carboxylic acids is 8. The standard InChI is InChI=1S/C31H38N2O16/c1-7-22(34)42-13-30(14-43-23(35)8-2,15-44-24(36)9-3)19-48-28(40)32-21-33-29(41)49-20-31(16-45-25(37)10-4,17-46-26(38)11-5)18-47-27(39)12-6/h7-12H,1-6,13-21H2,(H,32,40)(H,33,41). The minimum atomic E-state index is -1.61. The van der Waals surface area contributed by atoms with E-state index >= 15 is 0 Å². The molecule has 18 heteroatoms. The first-order valence-corrected chi connectivity index (χ1v) is 13.8. The Morgan fingerprint density at radius 1 is 0.367 bits per heavy atom. The lowest BCUT2D eigenvalue weighted by molar-refractivity contribution is -0.161. The van der Waals surface area contributed by atoms with Gasteiger partial charge in [-0.15, -0.1) is 0 Å². The van der Waals surface area contributed by atoms with Crippen molar-refractivity contribution in [1.82, 2.24) is 10.6 Å². The number of ether oxygens (including phenoxy) is 8. The van der Waals surface area contributed by atoms with Crippen molar-refractivity contribution in [2.75, 3.05) is 59.5 Å². The van der Waals surface area contributed by atoms with Crippen LogP contribution in [0, 0.1) is 10.8 Å². The summed E-state index contributed by atoms with van der Waals surface area (Å²) < 4.78 is 40.4. The first kappa shape index (κ1) is 42.8. The van der Waals surface area contributed by atoms with Crippen molar-refractivity contribution in [3.63, 3.8) is 0 Å². The minimum Gasteiger partial charge on any atom is -0.462 e. The molecule has 0 aromatic heterocycles. The van der Waals surface area contributed by atoms with Crippen molar-refractivity contribution in [1.29, 1.82) is 0 Å². The molecule has 0 saturated carbocycles. The first-order chi connectivity index (χ1) is 23.2. The van der Waals surface area contributed by atoms with Crippen molar-refractivity contribution < 1.29 is 76.3 Å². The quantitative estimate of drug-likeness (QED) is 0.0614. The molecule has 0 aromatic rings. The Morgan fingerprint density at radius 2 is 0.551 bits per heavy atom. The normalized spacial score (nSPS) is 10.3. The molecular weight excluding hydrogens is 656 g/mol. The number of hydrogen-bond acceptors (Lipinski definition) is 16. The van der Waals surface area contributed by atoms with E-state index in [2.05, 4.69) is 50.1 Å². The molecule has 0 heterocycles. The van der Waals surface area contributed by atoms with Gasteiger partial charge in [-0.25, -0.2) is 38.4 Å². The molecule has 2 N–H and O–H groups in total. The zero-order valence-electron chi connectivity index (χ0n) is 26.6. The fourth-order valence-corrected chi connectivity index (χ4v) is 2.93. The molecule has 0 bridgehead atoms. The molecule has 0 aromatic carbocycles. The molecule has 0 unspecified atom stereocenters. The number of nitrogens with one attached hydrogen (secondary N) is 2. The van der Waals surface area contributed by atoms with Gasteiger partial charge in [-0.2, -0.15) is 0 Å². The Kier molecular flexibility index (Phi) is 20.2. The van der Waals surface area contributed by atoms with Gasteiger partial charge in [0.2, 0.25) is 0 Å². The summed E-state index contributed by atoms with van der Waals surface area (Å²) in [6.45, 7) is 14.3. The molecule has 18 nitrogen and oxygen atoms in total. The maximum atomic E-state index is 12.4. The summed E-state index contributed by atoms with van der Waals surface area (Å²) in [4.78, 5) is 95.1. The second kappa shape index (κ2) is 23.2. The van der Waals surface area contributed by atoms with Crippen LogP contribution >= 0.6 is 0 Å². The van der Waals surface area contributed by atoms with E-state index in [1.165, 1.54) is 0 Å². The summed E-state index contributed by atoms with van der Waals surface area (Å²) in [6.07, 6.45) is 2.75. The Labute approximate surface area is 281 Å². The number of esters is 6. The third-order valence-corrected chi connectivity index (χ3v) is 5.61. The topological polar surface area (TPSA) is 234 Å². The van der Waals surface area contributed by atoms with Gasteiger partial charge in [0.05, 0.1) is 6.67 Å². The number of rotatable bonds is 24. The van der Waals surface area contributed by atoms with Crippen molar-refractivity contribution in [2.24, 2.45) is 10.8 Å². The summed E-state index contributed by atoms with van der Waals surface area (Å²) in [5.74, 6) is -5.32. The molecule has 0 aliphatic rings. The average molecular weight is 695 g/mol. The molecule has 0 spiro atoms. The molecule has 0 aliphatic carbocycles. The molecule has 268 valence electrons. The largest absolute Gasteiger partial charge is 0.462 e. The van der Waals surface area contributed by atoms with Crippen molar-refractivity contribution in [3.05, 3.63) is 75.9 Å². The van der Waals surface area contributed by atoms with Gasteiger partial charge in [-0.1, -0.05) is 39.5 Å². The number of carbonyl (C=O) groups is 8. The van der Waals surface area contributed by atoms with Crippen LogP contribution in [0.25, 0.3) is 0 Å². The first-order valence-electron chi connectivity index (χ1n) is 13.8. The lowest BCUT2D eigenvalue weighted by Crippen LogP contribution is -2.46. The van der Waals surface area contributed by atoms with Gasteiger partial charge in [0, 0.05) is 36.5 Å². The number of amides is 2. The van der Waals surface area contributed by atoms with Crippen LogP contribution in [0.15, 0.2) is 75.9 Å². The fourth-order valence-electron chi connectivity index (χ4n) is 2.93. The van der Waals surface area contributed by atoms with E-state index in [-0.39, 0.29) is 0 Å². The zero-order chi connectivity index (χ0) is 37.3. The molecule has 0 fully saturated rings. The summed E-state index contributed by atoms with van der Waals surface area (Å²) >= 11 is 0. The van der Waals surface area contributed by atoms with Crippen molar-refractivity contribution in [3.8, 4) is 0 Å².